The average molecular weight is 319 g/mol. The molecule has 1 aromatic carbocycles. The number of para-hydroxylation sites is 1. The molecule has 100 valence electrons. The molecule has 1 aliphatic rings. The van der Waals surface area contributed by atoms with Gasteiger partial charge in [0.2, 0.25) is 3.79 Å². The van der Waals surface area contributed by atoms with Gasteiger partial charge in [-0.25, -0.2) is 9.98 Å². The summed E-state index contributed by atoms with van der Waals surface area (Å²) in [6.07, 6.45) is 0.660. The Morgan fingerprint density at radius 1 is 1.21 bits per heavy atom. The summed E-state index contributed by atoms with van der Waals surface area (Å²) in [5.41, 5.74) is 1.34. The van der Waals surface area contributed by atoms with Crippen molar-refractivity contribution in [3.05, 3.63) is 29.8 Å². The third kappa shape index (κ3) is 3.69. The van der Waals surface area contributed by atoms with E-state index in [9.17, 15) is 5.11 Å². The molecule has 0 spiro atoms. The first-order valence-electron chi connectivity index (χ1n) is 5.43. The summed E-state index contributed by atoms with van der Waals surface area (Å²) in [5.74, 6) is 0.246. The van der Waals surface area contributed by atoms with Crippen molar-refractivity contribution in [1.82, 2.24) is 0 Å². The largest absolute Gasteiger partial charge is 0.508 e. The Kier molecular flexibility index (Phi) is 4.13. The van der Waals surface area contributed by atoms with Crippen LogP contribution >= 0.6 is 34.8 Å². The number of aliphatic imine (C=N–C) groups is 2. The summed E-state index contributed by atoms with van der Waals surface area (Å²) < 4.78 is -1.75. The van der Waals surface area contributed by atoms with Gasteiger partial charge in [0.05, 0.1) is 0 Å². The van der Waals surface area contributed by atoms with Crippen molar-refractivity contribution < 1.29 is 5.11 Å². The van der Waals surface area contributed by atoms with Gasteiger partial charge in [0, 0.05) is 18.6 Å². The van der Waals surface area contributed by atoms with Crippen LogP contribution in [0.4, 0.5) is 0 Å². The zero-order valence-electron chi connectivity index (χ0n) is 9.70. The van der Waals surface area contributed by atoms with Gasteiger partial charge in [0.25, 0.3) is 0 Å². The van der Waals surface area contributed by atoms with Crippen molar-refractivity contribution >= 4 is 52.2 Å². The van der Waals surface area contributed by atoms with Gasteiger partial charge in [-0.15, -0.1) is 0 Å². The molecule has 1 heterocycles. The Morgan fingerprint density at radius 3 is 2.53 bits per heavy atom. The van der Waals surface area contributed by atoms with Crippen LogP contribution in [0.2, 0.25) is 0 Å². The second-order valence-electron chi connectivity index (χ2n) is 4.04. The molecular formula is C12H10Cl3N3O. The van der Waals surface area contributed by atoms with E-state index in [0.29, 0.717) is 17.7 Å². The molecule has 7 heteroatoms. The normalized spacial score (nSPS) is 16.1. The van der Waals surface area contributed by atoms with Gasteiger partial charge in [-0.1, -0.05) is 53.0 Å². The lowest BCUT2D eigenvalue weighted by Crippen LogP contribution is -2.26. The second kappa shape index (κ2) is 5.49. The molecule has 0 amide bonds. The van der Waals surface area contributed by atoms with E-state index in [1.54, 1.807) is 18.2 Å². The van der Waals surface area contributed by atoms with E-state index in [1.165, 1.54) is 0 Å². The van der Waals surface area contributed by atoms with Gasteiger partial charge in [-0.2, -0.15) is 0 Å². The number of hydrogen-bond acceptors (Lipinski definition) is 3. The number of nitrogens with one attached hydrogen (secondary N) is 1. The van der Waals surface area contributed by atoms with Crippen LogP contribution < -0.4 is 0 Å². The first kappa shape index (κ1) is 14.3. The van der Waals surface area contributed by atoms with Crippen LogP contribution in [-0.4, -0.2) is 26.3 Å². The SMILES string of the molecule is N=C1CC(Cc2ccccc2O)=NC(C(Cl)(Cl)Cl)=N1. The molecule has 1 aliphatic heterocycles. The number of phenolic OH excluding ortho intramolecular Hbond substituents is 1. The number of halogens is 3. The lowest BCUT2D eigenvalue weighted by molar-refractivity contribution is 0.470. The maximum atomic E-state index is 9.72. The zero-order valence-corrected chi connectivity index (χ0v) is 12.0. The third-order valence-corrected chi connectivity index (χ3v) is 3.02. The Bertz CT molecular complexity index is 576. The van der Waals surface area contributed by atoms with Crippen LogP contribution in [0.3, 0.4) is 0 Å². The number of amidine groups is 2. The van der Waals surface area contributed by atoms with E-state index in [4.69, 9.17) is 40.2 Å². The summed E-state index contributed by atoms with van der Waals surface area (Å²) >= 11 is 17.2. The summed E-state index contributed by atoms with van der Waals surface area (Å²) in [7, 11) is 0. The van der Waals surface area contributed by atoms with Crippen LogP contribution in [0.1, 0.15) is 12.0 Å². The standard InChI is InChI=1S/C12H10Cl3N3O/c13-12(14,15)11-17-8(6-10(16)18-11)5-7-3-1-2-4-9(7)19/h1-4,16,19H,5-6H2. The van der Waals surface area contributed by atoms with E-state index in [0.717, 1.165) is 0 Å². The molecule has 1 aromatic rings. The molecule has 0 radical (unpaired) electrons. The second-order valence-corrected chi connectivity index (χ2v) is 6.32. The molecular weight excluding hydrogens is 309 g/mol. The summed E-state index contributed by atoms with van der Waals surface area (Å²) in [6, 6.07) is 6.92. The topological polar surface area (TPSA) is 68.8 Å². The number of phenols is 1. The highest BCUT2D eigenvalue weighted by atomic mass is 35.6. The smallest absolute Gasteiger partial charge is 0.250 e. The van der Waals surface area contributed by atoms with E-state index < -0.39 is 3.79 Å². The van der Waals surface area contributed by atoms with Gasteiger partial charge < -0.3 is 5.11 Å². The molecule has 19 heavy (non-hydrogen) atoms. The van der Waals surface area contributed by atoms with E-state index in [2.05, 4.69) is 9.98 Å². The average Bonchev–Trinajstić information content (AvgIpc) is 2.30. The zero-order chi connectivity index (χ0) is 14.0. The quantitative estimate of drug-likeness (QED) is 0.805. The highest BCUT2D eigenvalue weighted by molar-refractivity contribution is 6.77. The van der Waals surface area contributed by atoms with Gasteiger partial charge in [0.15, 0.2) is 5.84 Å². The van der Waals surface area contributed by atoms with Gasteiger partial charge in [-0.3, -0.25) is 5.41 Å². The Balaban J connectivity index is 2.26. The Hall–Kier alpha value is -1.10. The molecule has 0 saturated heterocycles. The van der Waals surface area contributed by atoms with Crippen LogP contribution in [0.15, 0.2) is 34.3 Å². The monoisotopic (exact) mass is 317 g/mol. The van der Waals surface area contributed by atoms with Gasteiger partial charge >= 0.3 is 0 Å². The highest BCUT2D eigenvalue weighted by Crippen LogP contribution is 2.30. The molecule has 4 nitrogen and oxygen atoms in total. The van der Waals surface area contributed by atoms with Gasteiger partial charge in [0.1, 0.15) is 11.6 Å². The first-order valence-corrected chi connectivity index (χ1v) is 6.56. The minimum atomic E-state index is -1.75. The maximum Gasteiger partial charge on any atom is 0.250 e. The molecule has 0 aliphatic carbocycles. The van der Waals surface area contributed by atoms with Crippen LogP contribution in [0, 0.1) is 5.41 Å². The lowest BCUT2D eigenvalue weighted by atomic mass is 10.0. The number of benzene rings is 1. The van der Waals surface area contributed by atoms with Crippen molar-refractivity contribution in [3.63, 3.8) is 0 Å². The van der Waals surface area contributed by atoms with Crippen LogP contribution in [-0.2, 0) is 6.42 Å². The predicted molar refractivity (Wildman–Crippen MR) is 79.3 cm³/mol. The van der Waals surface area contributed by atoms with Crippen molar-refractivity contribution in [2.45, 2.75) is 16.6 Å². The molecule has 0 fully saturated rings. The molecule has 0 saturated carbocycles. The van der Waals surface area contributed by atoms with Crippen molar-refractivity contribution in [2.24, 2.45) is 9.98 Å². The highest BCUT2D eigenvalue weighted by Gasteiger charge is 2.31. The molecule has 2 N–H and O–H groups in total. The fraction of sp³-hybridized carbons (Fsp3) is 0.250. The maximum absolute atomic E-state index is 9.72. The molecule has 0 bridgehead atoms. The molecule has 0 unspecified atom stereocenters. The van der Waals surface area contributed by atoms with Crippen molar-refractivity contribution in [2.75, 3.05) is 0 Å². The molecule has 0 aromatic heterocycles. The lowest BCUT2D eigenvalue weighted by Gasteiger charge is -2.17. The predicted octanol–water partition coefficient (Wildman–Crippen LogP) is 3.53. The van der Waals surface area contributed by atoms with Gasteiger partial charge in [-0.05, 0) is 11.6 Å². The van der Waals surface area contributed by atoms with Crippen molar-refractivity contribution in [3.8, 4) is 5.75 Å². The number of hydrogen-bond donors (Lipinski definition) is 2. The Labute approximate surface area is 125 Å². The Morgan fingerprint density at radius 2 is 1.89 bits per heavy atom. The molecule has 0 atom stereocenters. The minimum Gasteiger partial charge on any atom is -0.508 e. The van der Waals surface area contributed by atoms with Crippen LogP contribution in [0.5, 0.6) is 5.75 Å². The number of aromatic hydroxyl groups is 1. The fourth-order valence-corrected chi connectivity index (χ4v) is 1.94. The number of alkyl halides is 3. The van der Waals surface area contributed by atoms with Crippen LogP contribution in [0.25, 0.3) is 0 Å². The summed E-state index contributed by atoms with van der Waals surface area (Å²) in [4.78, 5) is 7.98. The van der Waals surface area contributed by atoms with E-state index >= 15 is 0 Å². The summed E-state index contributed by atoms with van der Waals surface area (Å²) in [6.45, 7) is 0. The fourth-order valence-electron chi connectivity index (χ4n) is 1.68. The third-order valence-electron chi connectivity index (χ3n) is 2.52. The minimum absolute atomic E-state index is 0.0147. The number of rotatable bonds is 2. The first-order chi connectivity index (χ1) is 8.86. The van der Waals surface area contributed by atoms with Crippen molar-refractivity contribution in [1.29, 1.82) is 5.41 Å². The van der Waals surface area contributed by atoms with E-state index in [-0.39, 0.29) is 23.8 Å². The number of nitrogens with zero attached hydrogens (tertiary/aromatic N) is 2. The van der Waals surface area contributed by atoms with E-state index in [1.807, 2.05) is 6.07 Å². The molecule has 2 rings (SSSR count). The summed E-state index contributed by atoms with van der Waals surface area (Å²) in [5, 5.41) is 17.4.